The highest BCUT2D eigenvalue weighted by Gasteiger charge is 2.13. The standard InChI is InChI=1S/C17H30BrN3/c1-5-20(6-2)11-8-12-21(7-3)17-13-15(18)9-10-16(17)14(4)19/h9-10,13-14H,5-8,11-12,19H2,1-4H3. The van der Waals surface area contributed by atoms with E-state index in [0.29, 0.717) is 0 Å². The van der Waals surface area contributed by atoms with E-state index < -0.39 is 0 Å². The Labute approximate surface area is 138 Å². The van der Waals surface area contributed by atoms with Gasteiger partial charge in [0.25, 0.3) is 0 Å². The number of anilines is 1. The molecule has 2 N–H and O–H groups in total. The van der Waals surface area contributed by atoms with Crippen molar-refractivity contribution in [2.24, 2.45) is 5.73 Å². The summed E-state index contributed by atoms with van der Waals surface area (Å²) >= 11 is 3.58. The van der Waals surface area contributed by atoms with E-state index in [4.69, 9.17) is 5.73 Å². The van der Waals surface area contributed by atoms with Gasteiger partial charge in [-0.05, 0) is 57.6 Å². The molecule has 0 aromatic heterocycles. The van der Waals surface area contributed by atoms with Crippen molar-refractivity contribution in [3.05, 3.63) is 28.2 Å². The highest BCUT2D eigenvalue weighted by atomic mass is 79.9. The molecule has 0 aliphatic carbocycles. The zero-order chi connectivity index (χ0) is 15.8. The van der Waals surface area contributed by atoms with E-state index in [-0.39, 0.29) is 6.04 Å². The molecular weight excluding hydrogens is 326 g/mol. The van der Waals surface area contributed by atoms with Crippen molar-refractivity contribution in [2.45, 2.75) is 40.2 Å². The Morgan fingerprint density at radius 3 is 2.29 bits per heavy atom. The second-order valence-electron chi connectivity index (χ2n) is 5.45. The van der Waals surface area contributed by atoms with Crippen LogP contribution >= 0.6 is 15.9 Å². The molecule has 1 aromatic carbocycles. The molecule has 0 saturated heterocycles. The summed E-state index contributed by atoms with van der Waals surface area (Å²) < 4.78 is 1.11. The Kier molecular flexibility index (Phi) is 8.30. The largest absolute Gasteiger partial charge is 0.371 e. The molecule has 0 spiro atoms. The highest BCUT2D eigenvalue weighted by Crippen LogP contribution is 2.29. The van der Waals surface area contributed by atoms with Crippen molar-refractivity contribution in [1.82, 2.24) is 4.90 Å². The maximum absolute atomic E-state index is 6.13. The lowest BCUT2D eigenvalue weighted by atomic mass is 10.1. The number of hydrogen-bond acceptors (Lipinski definition) is 3. The molecule has 0 radical (unpaired) electrons. The van der Waals surface area contributed by atoms with Gasteiger partial charge in [0.15, 0.2) is 0 Å². The van der Waals surface area contributed by atoms with E-state index in [1.165, 1.54) is 17.7 Å². The molecule has 0 saturated carbocycles. The zero-order valence-corrected chi connectivity index (χ0v) is 15.5. The van der Waals surface area contributed by atoms with Gasteiger partial charge in [-0.3, -0.25) is 0 Å². The van der Waals surface area contributed by atoms with Gasteiger partial charge in [-0.1, -0.05) is 35.8 Å². The first-order valence-electron chi connectivity index (χ1n) is 8.05. The van der Waals surface area contributed by atoms with Crippen LogP contribution in [0.4, 0.5) is 5.69 Å². The summed E-state index contributed by atoms with van der Waals surface area (Å²) in [4.78, 5) is 4.91. The Balaban J connectivity index is 2.77. The van der Waals surface area contributed by atoms with E-state index in [1.807, 2.05) is 0 Å². The zero-order valence-electron chi connectivity index (χ0n) is 13.9. The van der Waals surface area contributed by atoms with Gasteiger partial charge in [-0.15, -0.1) is 0 Å². The summed E-state index contributed by atoms with van der Waals surface area (Å²) in [7, 11) is 0. The molecule has 1 rings (SSSR count). The lowest BCUT2D eigenvalue weighted by molar-refractivity contribution is 0.300. The molecule has 0 aliphatic heterocycles. The fourth-order valence-corrected chi connectivity index (χ4v) is 3.00. The summed E-state index contributed by atoms with van der Waals surface area (Å²) in [6.07, 6.45) is 1.18. The fourth-order valence-electron chi connectivity index (χ4n) is 2.65. The first-order chi connectivity index (χ1) is 10.0. The first kappa shape index (κ1) is 18.5. The molecule has 3 nitrogen and oxygen atoms in total. The summed E-state index contributed by atoms with van der Waals surface area (Å²) in [5.74, 6) is 0. The van der Waals surface area contributed by atoms with Gasteiger partial charge in [-0.25, -0.2) is 0 Å². The molecule has 0 aliphatic rings. The van der Waals surface area contributed by atoms with Crippen molar-refractivity contribution in [2.75, 3.05) is 37.6 Å². The molecule has 0 heterocycles. The van der Waals surface area contributed by atoms with Crippen LogP contribution in [0, 0.1) is 0 Å². The Morgan fingerprint density at radius 2 is 1.76 bits per heavy atom. The second-order valence-corrected chi connectivity index (χ2v) is 6.37. The second kappa shape index (κ2) is 9.44. The van der Waals surface area contributed by atoms with Crippen LogP contribution in [-0.2, 0) is 0 Å². The topological polar surface area (TPSA) is 32.5 Å². The third-order valence-corrected chi connectivity index (χ3v) is 4.50. The van der Waals surface area contributed by atoms with Gasteiger partial charge in [0.05, 0.1) is 0 Å². The van der Waals surface area contributed by atoms with Crippen molar-refractivity contribution in [3.63, 3.8) is 0 Å². The number of nitrogens with zero attached hydrogens (tertiary/aromatic N) is 2. The maximum atomic E-state index is 6.13. The van der Waals surface area contributed by atoms with Crippen LogP contribution in [0.25, 0.3) is 0 Å². The molecule has 120 valence electrons. The number of nitrogens with two attached hydrogens (primary N) is 1. The normalized spacial score (nSPS) is 12.7. The van der Waals surface area contributed by atoms with Crippen LogP contribution in [0.15, 0.2) is 22.7 Å². The molecule has 0 amide bonds. The van der Waals surface area contributed by atoms with E-state index in [1.54, 1.807) is 0 Å². The predicted octanol–water partition coefficient (Wildman–Crippen LogP) is 4.03. The molecule has 1 unspecified atom stereocenters. The van der Waals surface area contributed by atoms with Gasteiger partial charge in [-0.2, -0.15) is 0 Å². The van der Waals surface area contributed by atoms with Crippen LogP contribution in [0.2, 0.25) is 0 Å². The van der Waals surface area contributed by atoms with Gasteiger partial charge in [0.1, 0.15) is 0 Å². The van der Waals surface area contributed by atoms with Crippen LogP contribution in [0.3, 0.4) is 0 Å². The number of hydrogen-bond donors (Lipinski definition) is 1. The lowest BCUT2D eigenvalue weighted by Crippen LogP contribution is -2.31. The van der Waals surface area contributed by atoms with Crippen molar-refractivity contribution in [3.8, 4) is 0 Å². The van der Waals surface area contributed by atoms with Crippen molar-refractivity contribution >= 4 is 21.6 Å². The number of benzene rings is 1. The van der Waals surface area contributed by atoms with E-state index in [0.717, 1.165) is 37.2 Å². The minimum atomic E-state index is 0.0601. The molecule has 21 heavy (non-hydrogen) atoms. The van der Waals surface area contributed by atoms with E-state index in [9.17, 15) is 0 Å². The maximum Gasteiger partial charge on any atom is 0.0425 e. The quantitative estimate of drug-likeness (QED) is 0.725. The molecule has 1 aromatic rings. The van der Waals surface area contributed by atoms with E-state index in [2.05, 4.69) is 71.6 Å². The number of halogens is 1. The summed E-state index contributed by atoms with van der Waals surface area (Å²) in [6.45, 7) is 14.2. The molecule has 0 bridgehead atoms. The van der Waals surface area contributed by atoms with E-state index >= 15 is 0 Å². The van der Waals surface area contributed by atoms with Crippen molar-refractivity contribution < 1.29 is 0 Å². The molecule has 4 heteroatoms. The smallest absolute Gasteiger partial charge is 0.0425 e. The Morgan fingerprint density at radius 1 is 1.10 bits per heavy atom. The fraction of sp³-hybridized carbons (Fsp3) is 0.647. The molecular formula is C17H30BrN3. The minimum Gasteiger partial charge on any atom is -0.371 e. The molecule has 1 atom stereocenters. The minimum absolute atomic E-state index is 0.0601. The Hall–Kier alpha value is -0.580. The van der Waals surface area contributed by atoms with Crippen molar-refractivity contribution in [1.29, 1.82) is 0 Å². The predicted molar refractivity (Wildman–Crippen MR) is 97.0 cm³/mol. The van der Waals surface area contributed by atoms with Gasteiger partial charge >= 0.3 is 0 Å². The van der Waals surface area contributed by atoms with Crippen LogP contribution in [0.1, 0.15) is 45.7 Å². The summed E-state index contributed by atoms with van der Waals surface area (Å²) in [6, 6.07) is 6.47. The summed E-state index contributed by atoms with van der Waals surface area (Å²) in [5, 5.41) is 0. The lowest BCUT2D eigenvalue weighted by Gasteiger charge is -2.28. The SMILES string of the molecule is CCN(CC)CCCN(CC)c1cc(Br)ccc1C(C)N. The van der Waals surface area contributed by atoms with Crippen LogP contribution in [-0.4, -0.2) is 37.6 Å². The third kappa shape index (κ3) is 5.61. The summed E-state index contributed by atoms with van der Waals surface area (Å²) in [5.41, 5.74) is 8.62. The highest BCUT2D eigenvalue weighted by molar-refractivity contribution is 9.10. The van der Waals surface area contributed by atoms with Gasteiger partial charge < -0.3 is 15.5 Å². The third-order valence-electron chi connectivity index (χ3n) is 4.00. The number of rotatable bonds is 9. The van der Waals surface area contributed by atoms with Gasteiger partial charge in [0.2, 0.25) is 0 Å². The monoisotopic (exact) mass is 355 g/mol. The van der Waals surface area contributed by atoms with Gasteiger partial charge in [0, 0.05) is 29.3 Å². The Bertz CT molecular complexity index is 416. The van der Waals surface area contributed by atoms with Crippen LogP contribution in [0.5, 0.6) is 0 Å². The van der Waals surface area contributed by atoms with Crippen LogP contribution < -0.4 is 10.6 Å². The average molecular weight is 356 g/mol. The first-order valence-corrected chi connectivity index (χ1v) is 8.85. The average Bonchev–Trinajstić information content (AvgIpc) is 2.47. The molecule has 0 fully saturated rings.